The molecule has 0 saturated carbocycles. The highest BCUT2D eigenvalue weighted by Crippen LogP contribution is 2.34. The number of aromatic amines is 1. The van der Waals surface area contributed by atoms with Gasteiger partial charge in [-0.05, 0) is 23.3 Å². The second-order valence-corrected chi connectivity index (χ2v) is 7.08. The molecule has 0 bridgehead atoms. The molecule has 9 heteroatoms. The molecule has 30 heavy (non-hydrogen) atoms. The highest BCUT2D eigenvalue weighted by molar-refractivity contribution is 6.18. The van der Waals surface area contributed by atoms with Crippen LogP contribution in [-0.2, 0) is 11.3 Å². The third-order valence-electron chi connectivity index (χ3n) is 4.85. The molecular weight excluding hydrogens is 386 g/mol. The fourth-order valence-electron chi connectivity index (χ4n) is 3.50. The molecule has 3 aromatic rings. The van der Waals surface area contributed by atoms with Crippen LogP contribution in [0.2, 0.25) is 0 Å². The Morgan fingerprint density at radius 2 is 1.93 bits per heavy atom. The molecule has 0 atom stereocenters. The van der Waals surface area contributed by atoms with Gasteiger partial charge in [0.15, 0.2) is 0 Å². The zero-order chi connectivity index (χ0) is 21.4. The Kier molecular flexibility index (Phi) is 4.71. The van der Waals surface area contributed by atoms with Crippen molar-refractivity contribution in [2.45, 2.75) is 13.5 Å². The summed E-state index contributed by atoms with van der Waals surface area (Å²) in [5, 5.41) is 16.5. The SMILES string of the molecule is CC(=O)Nc1cc2c3c(c(-c4ccc(CN(C)C(=O)O)cc4)[nH]c3c1)C=NNC2=O. The van der Waals surface area contributed by atoms with Crippen LogP contribution in [0.4, 0.5) is 10.5 Å². The summed E-state index contributed by atoms with van der Waals surface area (Å²) in [5.41, 5.74) is 7.32. The van der Waals surface area contributed by atoms with Gasteiger partial charge in [0, 0.05) is 42.7 Å². The minimum Gasteiger partial charge on any atom is -0.465 e. The van der Waals surface area contributed by atoms with Crippen LogP contribution in [0.1, 0.15) is 28.4 Å². The van der Waals surface area contributed by atoms with E-state index in [4.69, 9.17) is 5.11 Å². The maximum absolute atomic E-state index is 12.5. The van der Waals surface area contributed by atoms with Gasteiger partial charge in [-0.15, -0.1) is 0 Å². The zero-order valence-corrected chi connectivity index (χ0v) is 16.3. The number of benzene rings is 2. The third kappa shape index (κ3) is 3.48. The van der Waals surface area contributed by atoms with Crippen LogP contribution in [0.5, 0.6) is 0 Å². The number of nitrogens with zero attached hydrogens (tertiary/aromatic N) is 2. The van der Waals surface area contributed by atoms with E-state index in [2.05, 4.69) is 20.8 Å². The van der Waals surface area contributed by atoms with Crippen LogP contribution >= 0.6 is 0 Å². The van der Waals surface area contributed by atoms with E-state index < -0.39 is 6.09 Å². The van der Waals surface area contributed by atoms with Gasteiger partial charge in [-0.1, -0.05) is 24.3 Å². The Bertz CT molecular complexity index is 1210. The number of hydrogen-bond donors (Lipinski definition) is 4. The lowest BCUT2D eigenvalue weighted by Gasteiger charge is -2.13. The summed E-state index contributed by atoms with van der Waals surface area (Å²) in [6.07, 6.45) is 0.596. The van der Waals surface area contributed by atoms with E-state index in [0.29, 0.717) is 22.2 Å². The van der Waals surface area contributed by atoms with Gasteiger partial charge < -0.3 is 20.3 Å². The summed E-state index contributed by atoms with van der Waals surface area (Å²) in [5.74, 6) is -0.597. The minimum atomic E-state index is -0.994. The second kappa shape index (κ2) is 7.36. The van der Waals surface area contributed by atoms with Crippen LogP contribution in [0.3, 0.4) is 0 Å². The van der Waals surface area contributed by atoms with Gasteiger partial charge in [0.25, 0.3) is 5.91 Å². The number of amides is 3. The van der Waals surface area contributed by atoms with Crippen molar-refractivity contribution in [2.75, 3.05) is 12.4 Å². The standard InChI is InChI=1S/C21H19N5O4/c1-11(27)23-14-7-15-18-16(9-22-25-20(15)28)19(24-17(18)8-14)13-5-3-12(4-6-13)10-26(2)21(29)30/h3-9,24H,10H2,1-2H3,(H,23,27)(H,25,28)(H,29,30). The summed E-state index contributed by atoms with van der Waals surface area (Å²) < 4.78 is 0. The van der Waals surface area contributed by atoms with Gasteiger partial charge in [-0.25, -0.2) is 10.2 Å². The van der Waals surface area contributed by atoms with Gasteiger partial charge >= 0.3 is 6.09 Å². The van der Waals surface area contributed by atoms with E-state index in [1.807, 2.05) is 24.3 Å². The number of carbonyl (C=O) groups excluding carboxylic acids is 2. The molecule has 0 unspecified atom stereocenters. The Labute approximate surface area is 171 Å². The summed E-state index contributed by atoms with van der Waals surface area (Å²) in [4.78, 5) is 39.5. The van der Waals surface area contributed by atoms with Crippen molar-refractivity contribution in [3.05, 3.63) is 53.1 Å². The quantitative estimate of drug-likeness (QED) is 0.532. The van der Waals surface area contributed by atoms with E-state index in [0.717, 1.165) is 22.4 Å². The van der Waals surface area contributed by atoms with Crippen molar-refractivity contribution in [2.24, 2.45) is 5.10 Å². The largest absolute Gasteiger partial charge is 0.465 e. The number of nitrogens with one attached hydrogen (secondary N) is 3. The molecule has 1 aliphatic rings. The number of carboxylic acid groups (broad SMARTS) is 1. The number of rotatable bonds is 4. The highest BCUT2D eigenvalue weighted by Gasteiger charge is 2.22. The average Bonchev–Trinajstić information content (AvgIpc) is 2.96. The molecule has 4 N–H and O–H groups in total. The molecule has 0 fully saturated rings. The average molecular weight is 405 g/mol. The Morgan fingerprint density at radius 3 is 2.60 bits per heavy atom. The maximum atomic E-state index is 12.5. The normalized spacial score (nSPS) is 12.4. The van der Waals surface area contributed by atoms with E-state index in [9.17, 15) is 14.4 Å². The fourth-order valence-corrected chi connectivity index (χ4v) is 3.50. The molecule has 3 amide bonds. The number of hydrogen-bond acceptors (Lipinski definition) is 4. The van der Waals surface area contributed by atoms with Crippen molar-refractivity contribution in [1.29, 1.82) is 0 Å². The van der Waals surface area contributed by atoms with Gasteiger partial charge in [0.1, 0.15) is 0 Å². The second-order valence-electron chi connectivity index (χ2n) is 7.08. The van der Waals surface area contributed by atoms with Crippen molar-refractivity contribution >= 4 is 40.7 Å². The number of hydrazone groups is 1. The Hall–Kier alpha value is -4.14. The predicted molar refractivity (Wildman–Crippen MR) is 113 cm³/mol. The summed E-state index contributed by atoms with van der Waals surface area (Å²) >= 11 is 0. The zero-order valence-electron chi connectivity index (χ0n) is 16.3. The predicted octanol–water partition coefficient (Wildman–Crippen LogP) is 2.98. The van der Waals surface area contributed by atoms with Crippen LogP contribution in [0, 0.1) is 0 Å². The lowest BCUT2D eigenvalue weighted by Crippen LogP contribution is -2.23. The molecule has 1 aliphatic heterocycles. The number of H-pyrrole nitrogens is 1. The van der Waals surface area contributed by atoms with Gasteiger partial charge in [0.05, 0.1) is 17.5 Å². The summed E-state index contributed by atoms with van der Waals surface area (Å²) in [6, 6.07) is 10.9. The first-order chi connectivity index (χ1) is 14.3. The van der Waals surface area contributed by atoms with Gasteiger partial charge in [-0.2, -0.15) is 5.10 Å². The molecule has 152 valence electrons. The molecule has 2 aromatic carbocycles. The number of anilines is 1. The van der Waals surface area contributed by atoms with Crippen molar-refractivity contribution in [3.63, 3.8) is 0 Å². The van der Waals surface area contributed by atoms with E-state index >= 15 is 0 Å². The number of aromatic nitrogens is 1. The first-order valence-corrected chi connectivity index (χ1v) is 9.17. The number of carbonyl (C=O) groups is 3. The molecule has 4 rings (SSSR count). The van der Waals surface area contributed by atoms with Crippen LogP contribution in [0.15, 0.2) is 41.5 Å². The molecule has 9 nitrogen and oxygen atoms in total. The monoisotopic (exact) mass is 405 g/mol. The summed E-state index contributed by atoms with van der Waals surface area (Å²) in [6.45, 7) is 1.68. The van der Waals surface area contributed by atoms with Gasteiger partial charge in [0.2, 0.25) is 5.91 Å². The summed E-state index contributed by atoms with van der Waals surface area (Å²) in [7, 11) is 1.51. The minimum absolute atomic E-state index is 0.235. The topological polar surface area (TPSA) is 127 Å². The smallest absolute Gasteiger partial charge is 0.407 e. The van der Waals surface area contributed by atoms with E-state index in [-0.39, 0.29) is 18.4 Å². The van der Waals surface area contributed by atoms with E-state index in [1.165, 1.54) is 18.9 Å². The van der Waals surface area contributed by atoms with Crippen molar-refractivity contribution in [3.8, 4) is 11.3 Å². The van der Waals surface area contributed by atoms with Crippen LogP contribution < -0.4 is 10.7 Å². The molecular formula is C21H19N5O4. The molecule has 1 aromatic heterocycles. The van der Waals surface area contributed by atoms with Crippen molar-refractivity contribution < 1.29 is 19.5 Å². The molecule has 0 saturated heterocycles. The van der Waals surface area contributed by atoms with Crippen LogP contribution in [-0.4, -0.2) is 46.2 Å². The highest BCUT2D eigenvalue weighted by atomic mass is 16.4. The lowest BCUT2D eigenvalue weighted by atomic mass is 10.0. The Balaban J connectivity index is 1.80. The third-order valence-corrected chi connectivity index (χ3v) is 4.85. The maximum Gasteiger partial charge on any atom is 0.407 e. The van der Waals surface area contributed by atoms with E-state index in [1.54, 1.807) is 18.3 Å². The molecule has 0 radical (unpaired) electrons. The van der Waals surface area contributed by atoms with Gasteiger partial charge in [-0.3, -0.25) is 9.59 Å². The first-order valence-electron chi connectivity index (χ1n) is 9.17. The first kappa shape index (κ1) is 19.2. The molecule has 0 spiro atoms. The fraction of sp³-hybridized carbons (Fsp3) is 0.143. The van der Waals surface area contributed by atoms with Crippen LogP contribution in [0.25, 0.3) is 22.2 Å². The Morgan fingerprint density at radius 1 is 1.20 bits per heavy atom. The molecule has 2 heterocycles. The van der Waals surface area contributed by atoms with Crippen molar-refractivity contribution in [1.82, 2.24) is 15.3 Å². The lowest BCUT2D eigenvalue weighted by molar-refractivity contribution is -0.114. The molecule has 0 aliphatic carbocycles.